The minimum atomic E-state index is -1.99. The number of hydrogen-bond acceptors (Lipinski definition) is 2. The Bertz CT molecular complexity index is 186. The van der Waals surface area contributed by atoms with E-state index in [0.717, 1.165) is 19.3 Å². The molecule has 0 aliphatic rings. The topological polar surface area (TPSA) is 54.4 Å². The lowest BCUT2D eigenvalue weighted by Crippen LogP contribution is -2.26. The average molecular weight is 224 g/mol. The predicted octanol–water partition coefficient (Wildman–Crippen LogP) is 3.19. The van der Waals surface area contributed by atoms with Gasteiger partial charge in [-0.3, -0.25) is 4.57 Å². The Morgan fingerprint density at radius 1 is 1.38 bits per heavy atom. The predicted molar refractivity (Wildman–Crippen MR) is 55.5 cm³/mol. The van der Waals surface area contributed by atoms with E-state index in [1.54, 1.807) is 6.92 Å². The first-order valence-electron chi connectivity index (χ1n) is 4.58. The smallest absolute Gasteiger partial charge is 0.178 e. The molecule has 13 heavy (non-hydrogen) atoms. The fraction of sp³-hybridized carbons (Fsp3) is 1.00. The van der Waals surface area contributed by atoms with Crippen molar-refractivity contribution < 1.29 is 13.3 Å². The highest BCUT2D eigenvalue weighted by Crippen LogP contribution is 2.35. The molecule has 0 aromatic carbocycles. The second-order valence-corrected chi connectivity index (χ2v) is 5.72. The van der Waals surface area contributed by atoms with Crippen LogP contribution in [0.4, 0.5) is 0 Å². The van der Waals surface area contributed by atoms with Gasteiger partial charge in [-0.2, -0.15) is 0 Å². The lowest BCUT2D eigenvalue weighted by molar-refractivity contribution is 0.497. The molecule has 0 fully saturated rings. The van der Waals surface area contributed by atoms with Crippen LogP contribution in [0.3, 0.4) is 0 Å². The second kappa shape index (κ2) is 6.63. The molecule has 0 aromatic heterocycles. The highest BCUT2D eigenvalue weighted by molar-refractivity contribution is 7.86. The van der Waals surface area contributed by atoms with Crippen LogP contribution in [0.25, 0.3) is 0 Å². The van der Waals surface area contributed by atoms with E-state index in [-0.39, 0.29) is 8.46 Å². The summed E-state index contributed by atoms with van der Waals surface area (Å²) in [6.07, 6.45) is 3.99. The molecule has 0 spiro atoms. The SMILES string of the molecule is CCCCCC(CC)(P=O)S(=O)O. The van der Waals surface area contributed by atoms with Crippen LogP contribution in [0.15, 0.2) is 0 Å². The van der Waals surface area contributed by atoms with Crippen LogP contribution >= 0.6 is 8.46 Å². The molecule has 1 N–H and O–H groups in total. The maximum atomic E-state index is 11.0. The highest BCUT2D eigenvalue weighted by atomic mass is 32.2. The Balaban J connectivity index is 4.22. The summed E-state index contributed by atoms with van der Waals surface area (Å²) in [5, 5.41) is 0. The first-order chi connectivity index (χ1) is 6.13. The van der Waals surface area contributed by atoms with Crippen LogP contribution in [0.1, 0.15) is 46.0 Å². The largest absolute Gasteiger partial charge is 0.305 e. The summed E-state index contributed by atoms with van der Waals surface area (Å²) in [5.41, 5.74) is 0. The van der Waals surface area contributed by atoms with Crippen LogP contribution < -0.4 is 0 Å². The molecule has 2 atom stereocenters. The minimum Gasteiger partial charge on any atom is -0.305 e. The minimum absolute atomic E-state index is 0.207. The van der Waals surface area contributed by atoms with Gasteiger partial charge in [0, 0.05) is 0 Å². The van der Waals surface area contributed by atoms with Gasteiger partial charge in [-0.15, -0.1) is 0 Å². The molecule has 78 valence electrons. The molecule has 0 radical (unpaired) electrons. The standard InChI is InChI=1S/C8H17O3PS/c1-3-5-6-7-8(4-2,12-9)13(10)11/h3-7H2,1-2H3,(H,10,11). The van der Waals surface area contributed by atoms with Crippen LogP contribution in [0, 0.1) is 0 Å². The third-order valence-electron chi connectivity index (χ3n) is 2.21. The Kier molecular flexibility index (Phi) is 6.74. The molecule has 5 heteroatoms. The van der Waals surface area contributed by atoms with Crippen molar-refractivity contribution in [2.45, 2.75) is 50.4 Å². The van der Waals surface area contributed by atoms with Crippen LogP contribution in [-0.4, -0.2) is 13.2 Å². The molecule has 2 unspecified atom stereocenters. The fourth-order valence-corrected chi connectivity index (χ4v) is 2.38. The van der Waals surface area contributed by atoms with E-state index in [1.807, 2.05) is 0 Å². The number of hydrogen-bond donors (Lipinski definition) is 1. The van der Waals surface area contributed by atoms with Gasteiger partial charge < -0.3 is 4.55 Å². The maximum Gasteiger partial charge on any atom is 0.178 e. The van der Waals surface area contributed by atoms with Crippen molar-refractivity contribution in [3.63, 3.8) is 0 Å². The molecule has 0 heterocycles. The van der Waals surface area contributed by atoms with Crippen molar-refractivity contribution in [3.8, 4) is 0 Å². The van der Waals surface area contributed by atoms with Gasteiger partial charge in [0.05, 0.1) is 0 Å². The van der Waals surface area contributed by atoms with Gasteiger partial charge in [0.1, 0.15) is 0 Å². The van der Waals surface area contributed by atoms with Crippen molar-refractivity contribution >= 4 is 19.5 Å². The average Bonchev–Trinajstić information content (AvgIpc) is 2.13. The molecule has 0 aliphatic carbocycles. The van der Waals surface area contributed by atoms with E-state index in [1.165, 1.54) is 0 Å². The zero-order valence-corrected chi connectivity index (χ0v) is 9.87. The van der Waals surface area contributed by atoms with Gasteiger partial charge in [-0.1, -0.05) is 33.1 Å². The van der Waals surface area contributed by atoms with Gasteiger partial charge in [0.2, 0.25) is 0 Å². The van der Waals surface area contributed by atoms with E-state index in [0.29, 0.717) is 12.8 Å². The molecule has 0 aliphatic heterocycles. The van der Waals surface area contributed by atoms with E-state index in [4.69, 9.17) is 4.55 Å². The summed E-state index contributed by atoms with van der Waals surface area (Å²) < 4.78 is 29.9. The molecule has 0 saturated carbocycles. The van der Waals surface area contributed by atoms with Crippen LogP contribution in [0.5, 0.6) is 0 Å². The van der Waals surface area contributed by atoms with Crippen LogP contribution in [0.2, 0.25) is 0 Å². The van der Waals surface area contributed by atoms with E-state index >= 15 is 0 Å². The van der Waals surface area contributed by atoms with Crippen molar-refractivity contribution in [2.24, 2.45) is 0 Å². The Labute approximate surface area is 83.8 Å². The van der Waals surface area contributed by atoms with Gasteiger partial charge >= 0.3 is 0 Å². The van der Waals surface area contributed by atoms with E-state index < -0.39 is 15.6 Å². The molecule has 0 rings (SSSR count). The summed E-state index contributed by atoms with van der Waals surface area (Å²) in [7, 11) is -0.207. The molecule has 0 bridgehead atoms. The Morgan fingerprint density at radius 3 is 2.31 bits per heavy atom. The zero-order chi connectivity index (χ0) is 10.3. The molecule has 0 amide bonds. The molecular formula is C8H17O3PS. The van der Waals surface area contributed by atoms with Gasteiger partial charge in [0.15, 0.2) is 24.0 Å². The normalized spacial score (nSPS) is 18.4. The third-order valence-corrected chi connectivity index (χ3v) is 4.92. The zero-order valence-electron chi connectivity index (χ0n) is 8.15. The van der Waals surface area contributed by atoms with Crippen LogP contribution in [-0.2, 0) is 15.6 Å². The first kappa shape index (κ1) is 13.2. The van der Waals surface area contributed by atoms with Crippen molar-refractivity contribution in [3.05, 3.63) is 0 Å². The fourth-order valence-electron chi connectivity index (χ4n) is 1.18. The number of unbranched alkanes of at least 4 members (excludes halogenated alkanes) is 2. The number of rotatable bonds is 7. The highest BCUT2D eigenvalue weighted by Gasteiger charge is 2.35. The maximum absolute atomic E-state index is 11.0. The summed E-state index contributed by atoms with van der Waals surface area (Å²) >= 11 is -1.99. The summed E-state index contributed by atoms with van der Waals surface area (Å²) in [5.74, 6) is 0. The lowest BCUT2D eigenvalue weighted by atomic mass is 10.1. The van der Waals surface area contributed by atoms with Crippen molar-refractivity contribution in [1.29, 1.82) is 0 Å². The third kappa shape index (κ3) is 3.84. The summed E-state index contributed by atoms with van der Waals surface area (Å²) in [6, 6.07) is 0. The quantitative estimate of drug-likeness (QED) is 0.410. The summed E-state index contributed by atoms with van der Waals surface area (Å²) in [4.78, 5) is 0. The molecular weight excluding hydrogens is 207 g/mol. The van der Waals surface area contributed by atoms with E-state index in [2.05, 4.69) is 6.92 Å². The summed E-state index contributed by atoms with van der Waals surface area (Å²) in [6.45, 7) is 3.86. The van der Waals surface area contributed by atoms with Crippen molar-refractivity contribution in [2.75, 3.05) is 0 Å². The monoisotopic (exact) mass is 224 g/mol. The Morgan fingerprint density at radius 2 is 2.00 bits per heavy atom. The van der Waals surface area contributed by atoms with Gasteiger partial charge in [0.25, 0.3) is 0 Å². The first-order valence-corrected chi connectivity index (χ1v) is 6.50. The van der Waals surface area contributed by atoms with Crippen molar-refractivity contribution in [1.82, 2.24) is 0 Å². The van der Waals surface area contributed by atoms with Gasteiger partial charge in [-0.25, -0.2) is 4.21 Å². The Hall–Kier alpha value is 0.210. The molecule has 0 aromatic rings. The lowest BCUT2D eigenvalue weighted by Gasteiger charge is -2.20. The van der Waals surface area contributed by atoms with E-state index in [9.17, 15) is 8.77 Å². The molecule has 3 nitrogen and oxygen atoms in total. The van der Waals surface area contributed by atoms with Gasteiger partial charge in [-0.05, 0) is 12.8 Å². The second-order valence-electron chi connectivity index (χ2n) is 3.10. The molecule has 0 saturated heterocycles.